The second-order valence-electron chi connectivity index (χ2n) is 15.7. The first-order chi connectivity index (χ1) is 25.0. The molecule has 0 aromatic carbocycles. The lowest BCUT2D eigenvalue weighted by atomic mass is 10.1. The van der Waals surface area contributed by atoms with Gasteiger partial charge in [0.05, 0.1) is 27.7 Å². The van der Waals surface area contributed by atoms with Crippen LogP contribution in [0.2, 0.25) is 0 Å². The molecular formula is C42H82NO8P. The van der Waals surface area contributed by atoms with Gasteiger partial charge in [-0.1, -0.05) is 154 Å². The summed E-state index contributed by atoms with van der Waals surface area (Å²) in [5.74, 6) is -0.830. The van der Waals surface area contributed by atoms with E-state index in [0.717, 1.165) is 32.1 Å². The molecule has 0 aromatic heterocycles. The van der Waals surface area contributed by atoms with Crippen molar-refractivity contribution in [3.63, 3.8) is 0 Å². The van der Waals surface area contributed by atoms with Crippen LogP contribution in [0.1, 0.15) is 194 Å². The number of unbranched alkanes of at least 4 members (excludes halogenated alkanes) is 23. The lowest BCUT2D eigenvalue weighted by Gasteiger charge is -2.28. The number of likely N-dealkylation sites (N-methyl/N-ethyl adjacent to an activating group) is 1. The summed E-state index contributed by atoms with van der Waals surface area (Å²) in [4.78, 5) is 37.4. The highest BCUT2D eigenvalue weighted by Gasteiger charge is 2.21. The number of rotatable bonds is 39. The molecule has 2 atom stereocenters. The van der Waals surface area contributed by atoms with Gasteiger partial charge in [-0.15, -0.1) is 0 Å². The number of allylic oxidation sites excluding steroid dienone is 2. The summed E-state index contributed by atoms with van der Waals surface area (Å²) in [6.07, 6.45) is 35.2. The zero-order valence-electron chi connectivity index (χ0n) is 34.5. The molecule has 0 aliphatic rings. The molecule has 0 spiro atoms. The fraction of sp³-hybridized carbons (Fsp3) is 0.905. The van der Waals surface area contributed by atoms with Gasteiger partial charge >= 0.3 is 11.9 Å². The maximum atomic E-state index is 12.6. The predicted molar refractivity (Wildman–Crippen MR) is 213 cm³/mol. The summed E-state index contributed by atoms with van der Waals surface area (Å²) in [5.41, 5.74) is 0. The number of esters is 2. The third-order valence-corrected chi connectivity index (χ3v) is 10.2. The first kappa shape index (κ1) is 50.8. The van der Waals surface area contributed by atoms with Crippen LogP contribution >= 0.6 is 7.82 Å². The second-order valence-corrected chi connectivity index (χ2v) is 17.1. The zero-order valence-corrected chi connectivity index (χ0v) is 35.4. The Bertz CT molecular complexity index is 907. The monoisotopic (exact) mass is 760 g/mol. The molecule has 0 heterocycles. The molecular weight excluding hydrogens is 677 g/mol. The van der Waals surface area contributed by atoms with Crippen LogP contribution in [0, 0.1) is 0 Å². The molecule has 9 nitrogen and oxygen atoms in total. The van der Waals surface area contributed by atoms with E-state index in [1.807, 2.05) is 21.1 Å². The van der Waals surface area contributed by atoms with Gasteiger partial charge in [-0.3, -0.25) is 14.2 Å². The van der Waals surface area contributed by atoms with E-state index in [2.05, 4.69) is 26.0 Å². The van der Waals surface area contributed by atoms with Crippen LogP contribution in [-0.2, 0) is 32.7 Å². The van der Waals surface area contributed by atoms with Crippen molar-refractivity contribution in [2.45, 2.75) is 200 Å². The minimum absolute atomic E-state index is 0.0280. The van der Waals surface area contributed by atoms with Gasteiger partial charge in [0.1, 0.15) is 19.8 Å². The quantitative estimate of drug-likeness (QED) is 0.0200. The SMILES string of the molecule is CCCCCC/C=C/CCCCCCCCCCCC(=O)OC[C@@H](COP(=O)([O-])OCC[N+](C)(C)C)OC(=O)CCCCCCCCCCCCC. The van der Waals surface area contributed by atoms with Crippen LogP contribution in [-0.4, -0.2) is 70.0 Å². The van der Waals surface area contributed by atoms with Crippen LogP contribution in [0.15, 0.2) is 12.2 Å². The molecule has 0 aromatic rings. The average molecular weight is 760 g/mol. The molecule has 1 unspecified atom stereocenters. The van der Waals surface area contributed by atoms with E-state index < -0.39 is 26.5 Å². The first-order valence-corrected chi connectivity index (χ1v) is 22.9. The Morgan fingerprint density at radius 2 is 0.981 bits per heavy atom. The van der Waals surface area contributed by atoms with E-state index in [1.54, 1.807) is 0 Å². The fourth-order valence-electron chi connectivity index (χ4n) is 5.88. The first-order valence-electron chi connectivity index (χ1n) is 21.4. The Morgan fingerprint density at radius 3 is 1.44 bits per heavy atom. The normalized spacial score (nSPS) is 13.7. The maximum Gasteiger partial charge on any atom is 0.306 e. The van der Waals surface area contributed by atoms with E-state index in [4.69, 9.17) is 18.5 Å². The molecule has 0 saturated heterocycles. The number of phosphoric acid groups is 1. The van der Waals surface area contributed by atoms with Crippen LogP contribution < -0.4 is 4.89 Å². The summed E-state index contributed by atoms with van der Waals surface area (Å²) in [6.45, 7) is 4.22. The molecule has 0 aliphatic carbocycles. The molecule has 10 heteroatoms. The summed E-state index contributed by atoms with van der Waals surface area (Å²) >= 11 is 0. The van der Waals surface area contributed by atoms with Crippen LogP contribution in [0.3, 0.4) is 0 Å². The molecule has 0 amide bonds. The lowest BCUT2D eigenvalue weighted by Crippen LogP contribution is -2.37. The number of ether oxygens (including phenoxy) is 2. The van der Waals surface area contributed by atoms with Gasteiger partial charge in [0, 0.05) is 12.8 Å². The largest absolute Gasteiger partial charge is 0.756 e. The van der Waals surface area contributed by atoms with Gasteiger partial charge in [0.2, 0.25) is 0 Å². The Morgan fingerprint density at radius 1 is 0.577 bits per heavy atom. The third kappa shape index (κ3) is 38.5. The molecule has 0 fully saturated rings. The van der Waals surface area contributed by atoms with E-state index in [-0.39, 0.29) is 32.0 Å². The van der Waals surface area contributed by atoms with Gasteiger partial charge in [0.25, 0.3) is 7.82 Å². The summed E-state index contributed by atoms with van der Waals surface area (Å²) in [5, 5.41) is 0. The van der Waals surface area contributed by atoms with Gasteiger partial charge in [-0.2, -0.15) is 0 Å². The van der Waals surface area contributed by atoms with Gasteiger partial charge < -0.3 is 27.9 Å². The zero-order chi connectivity index (χ0) is 38.6. The minimum atomic E-state index is -4.61. The van der Waals surface area contributed by atoms with E-state index >= 15 is 0 Å². The summed E-state index contributed by atoms with van der Waals surface area (Å²) in [7, 11) is 1.17. The Balaban J connectivity index is 4.31. The van der Waals surface area contributed by atoms with E-state index in [9.17, 15) is 19.0 Å². The van der Waals surface area contributed by atoms with Gasteiger partial charge in [0.15, 0.2) is 6.10 Å². The molecule has 0 radical (unpaired) electrons. The van der Waals surface area contributed by atoms with Crippen LogP contribution in [0.25, 0.3) is 0 Å². The number of carbonyl (C=O) groups excluding carboxylic acids is 2. The minimum Gasteiger partial charge on any atom is -0.756 e. The molecule has 308 valence electrons. The molecule has 0 N–H and O–H groups in total. The smallest absolute Gasteiger partial charge is 0.306 e. The van der Waals surface area contributed by atoms with Crippen molar-refractivity contribution in [1.82, 2.24) is 0 Å². The van der Waals surface area contributed by atoms with Crippen LogP contribution in [0.5, 0.6) is 0 Å². The second kappa shape index (κ2) is 35.5. The Hall–Kier alpha value is -1.25. The van der Waals surface area contributed by atoms with Crippen molar-refractivity contribution < 1.29 is 42.1 Å². The third-order valence-electron chi connectivity index (χ3n) is 9.29. The Labute approximate surface area is 320 Å². The number of hydrogen-bond donors (Lipinski definition) is 0. The van der Waals surface area contributed by atoms with Crippen molar-refractivity contribution in [3.05, 3.63) is 12.2 Å². The van der Waals surface area contributed by atoms with E-state index in [1.165, 1.54) is 128 Å². The lowest BCUT2D eigenvalue weighted by molar-refractivity contribution is -0.870. The number of quaternary nitrogens is 1. The fourth-order valence-corrected chi connectivity index (χ4v) is 6.61. The van der Waals surface area contributed by atoms with Crippen LogP contribution in [0.4, 0.5) is 0 Å². The average Bonchev–Trinajstić information content (AvgIpc) is 3.09. The highest BCUT2D eigenvalue weighted by molar-refractivity contribution is 7.45. The maximum absolute atomic E-state index is 12.6. The number of nitrogens with zero attached hydrogens (tertiary/aromatic N) is 1. The summed E-state index contributed by atoms with van der Waals surface area (Å²) in [6, 6.07) is 0. The van der Waals surface area contributed by atoms with Crippen molar-refractivity contribution in [3.8, 4) is 0 Å². The predicted octanol–water partition coefficient (Wildman–Crippen LogP) is 11.2. The number of phosphoric ester groups is 1. The molecule has 0 saturated carbocycles. The molecule has 0 bridgehead atoms. The number of hydrogen-bond acceptors (Lipinski definition) is 8. The van der Waals surface area contributed by atoms with Crippen molar-refractivity contribution in [2.24, 2.45) is 0 Å². The highest BCUT2D eigenvalue weighted by Crippen LogP contribution is 2.38. The standard InChI is InChI=1S/C42H82NO8P/c1-6-8-10-12-14-16-18-19-20-21-22-23-25-26-28-30-32-34-41(44)48-38-40(39-50-52(46,47)49-37-36-43(3,4)5)51-42(45)35-33-31-29-27-24-17-15-13-11-9-7-2/h16,18,40H,6-15,17,19-39H2,1-5H3/b18-16+/t40-/m0/s1. The highest BCUT2D eigenvalue weighted by atomic mass is 31.2. The van der Waals surface area contributed by atoms with Gasteiger partial charge in [-0.25, -0.2) is 0 Å². The Kier molecular flexibility index (Phi) is 34.6. The topological polar surface area (TPSA) is 111 Å². The van der Waals surface area contributed by atoms with E-state index in [0.29, 0.717) is 17.4 Å². The molecule has 0 aliphatic heterocycles. The van der Waals surface area contributed by atoms with Crippen molar-refractivity contribution in [1.29, 1.82) is 0 Å². The molecule has 0 rings (SSSR count). The number of carbonyl (C=O) groups is 2. The van der Waals surface area contributed by atoms with Crippen molar-refractivity contribution >= 4 is 19.8 Å². The molecule has 52 heavy (non-hydrogen) atoms. The van der Waals surface area contributed by atoms with Gasteiger partial charge in [-0.05, 0) is 38.5 Å². The van der Waals surface area contributed by atoms with Crippen molar-refractivity contribution in [2.75, 3.05) is 47.5 Å². The summed E-state index contributed by atoms with van der Waals surface area (Å²) < 4.78 is 33.8.